The zero-order chi connectivity index (χ0) is 21.8. The summed E-state index contributed by atoms with van der Waals surface area (Å²) in [6, 6.07) is 10.3. The second-order valence-corrected chi connectivity index (χ2v) is 10.6. The van der Waals surface area contributed by atoms with Gasteiger partial charge in [0.05, 0.1) is 16.3 Å². The standard InChI is InChI=1S/C18H22FN3O5S2/c1-21(2)28(24,25)16-8-4-14(5-9-16)12-20-18(23)13-22(3)29(26,27)17-10-6-15(19)7-11-17/h4-11H,12-13H2,1-3H3,(H,20,23). The summed E-state index contributed by atoms with van der Waals surface area (Å²) in [7, 11) is -3.36. The average molecular weight is 444 g/mol. The van der Waals surface area contributed by atoms with Gasteiger partial charge >= 0.3 is 0 Å². The molecule has 0 atom stereocenters. The normalized spacial score (nSPS) is 12.3. The molecule has 0 fully saturated rings. The molecule has 0 spiro atoms. The minimum absolute atomic E-state index is 0.103. The molecular formula is C18H22FN3O5S2. The summed E-state index contributed by atoms with van der Waals surface area (Å²) < 4.78 is 63.8. The number of amides is 1. The predicted molar refractivity (Wildman–Crippen MR) is 105 cm³/mol. The fourth-order valence-electron chi connectivity index (χ4n) is 2.32. The van der Waals surface area contributed by atoms with E-state index in [0.29, 0.717) is 5.56 Å². The molecule has 29 heavy (non-hydrogen) atoms. The molecule has 0 aliphatic heterocycles. The van der Waals surface area contributed by atoms with Gasteiger partial charge in [0.2, 0.25) is 26.0 Å². The Morgan fingerprint density at radius 3 is 1.86 bits per heavy atom. The first-order chi connectivity index (χ1) is 13.4. The molecule has 1 amide bonds. The van der Waals surface area contributed by atoms with E-state index in [1.54, 1.807) is 12.1 Å². The molecule has 2 aromatic rings. The van der Waals surface area contributed by atoms with Crippen LogP contribution in [-0.4, -0.2) is 59.0 Å². The largest absolute Gasteiger partial charge is 0.351 e. The van der Waals surface area contributed by atoms with Crippen molar-refractivity contribution in [3.63, 3.8) is 0 Å². The summed E-state index contributed by atoms with van der Waals surface area (Å²) in [5.41, 5.74) is 0.653. The van der Waals surface area contributed by atoms with Crippen molar-refractivity contribution in [2.45, 2.75) is 16.3 Å². The topological polar surface area (TPSA) is 104 Å². The molecule has 0 saturated carbocycles. The maximum atomic E-state index is 13.0. The first kappa shape index (κ1) is 22.9. The van der Waals surface area contributed by atoms with Crippen LogP contribution in [0.5, 0.6) is 0 Å². The quantitative estimate of drug-likeness (QED) is 0.656. The first-order valence-corrected chi connectivity index (χ1v) is 11.3. The van der Waals surface area contributed by atoms with Gasteiger partial charge in [-0.25, -0.2) is 25.5 Å². The van der Waals surface area contributed by atoms with E-state index in [4.69, 9.17) is 0 Å². The van der Waals surface area contributed by atoms with E-state index in [2.05, 4.69) is 5.32 Å². The predicted octanol–water partition coefficient (Wildman–Crippen LogP) is 1.01. The highest BCUT2D eigenvalue weighted by Gasteiger charge is 2.23. The number of likely N-dealkylation sites (N-methyl/N-ethyl adjacent to an activating group) is 1. The third-order valence-electron chi connectivity index (χ3n) is 4.08. The number of sulfonamides is 2. The molecule has 0 heterocycles. The van der Waals surface area contributed by atoms with Gasteiger partial charge in [0, 0.05) is 27.7 Å². The van der Waals surface area contributed by atoms with Gasteiger partial charge in [-0.1, -0.05) is 12.1 Å². The molecule has 2 aromatic carbocycles. The molecule has 8 nitrogen and oxygen atoms in total. The molecule has 1 N–H and O–H groups in total. The Kier molecular flexibility index (Phi) is 7.11. The number of nitrogens with zero attached hydrogens (tertiary/aromatic N) is 2. The van der Waals surface area contributed by atoms with Gasteiger partial charge in [-0.3, -0.25) is 4.79 Å². The lowest BCUT2D eigenvalue weighted by Gasteiger charge is -2.17. The number of halogens is 1. The van der Waals surface area contributed by atoms with Crippen LogP contribution >= 0.6 is 0 Å². The summed E-state index contributed by atoms with van der Waals surface area (Å²) in [5, 5.41) is 2.58. The molecule has 0 aromatic heterocycles. The Balaban J connectivity index is 1.96. The number of carbonyl (C=O) groups is 1. The van der Waals surface area contributed by atoms with Gasteiger partial charge in [-0.15, -0.1) is 0 Å². The lowest BCUT2D eigenvalue weighted by Crippen LogP contribution is -2.38. The fourth-order valence-corrected chi connectivity index (χ4v) is 4.35. The number of hydrogen-bond acceptors (Lipinski definition) is 5. The van der Waals surface area contributed by atoms with Gasteiger partial charge in [0.15, 0.2) is 0 Å². The number of benzene rings is 2. The Bertz CT molecular complexity index is 1070. The van der Waals surface area contributed by atoms with E-state index in [1.807, 2.05) is 0 Å². The highest BCUT2D eigenvalue weighted by molar-refractivity contribution is 7.89. The number of hydrogen-bond donors (Lipinski definition) is 1. The second kappa shape index (κ2) is 8.99. The van der Waals surface area contributed by atoms with Crippen molar-refractivity contribution < 1.29 is 26.0 Å². The van der Waals surface area contributed by atoms with Gasteiger partial charge in [0.1, 0.15) is 5.82 Å². The van der Waals surface area contributed by atoms with Crippen LogP contribution in [0.2, 0.25) is 0 Å². The van der Waals surface area contributed by atoms with Crippen LogP contribution in [0, 0.1) is 5.82 Å². The zero-order valence-electron chi connectivity index (χ0n) is 16.2. The van der Waals surface area contributed by atoms with Crippen LogP contribution in [-0.2, 0) is 31.4 Å². The maximum absolute atomic E-state index is 13.0. The molecule has 0 radical (unpaired) electrons. The van der Waals surface area contributed by atoms with Crippen molar-refractivity contribution in [2.75, 3.05) is 27.7 Å². The Labute approximate surface area is 170 Å². The first-order valence-electron chi connectivity index (χ1n) is 8.44. The van der Waals surface area contributed by atoms with Gasteiger partial charge in [-0.05, 0) is 42.0 Å². The second-order valence-electron chi connectivity index (χ2n) is 6.42. The lowest BCUT2D eigenvalue weighted by molar-refractivity contribution is -0.121. The van der Waals surface area contributed by atoms with E-state index >= 15 is 0 Å². The molecular weight excluding hydrogens is 421 g/mol. The van der Waals surface area contributed by atoms with Crippen LogP contribution in [0.15, 0.2) is 58.3 Å². The van der Waals surface area contributed by atoms with E-state index in [-0.39, 0.29) is 16.3 Å². The zero-order valence-corrected chi connectivity index (χ0v) is 17.8. The monoisotopic (exact) mass is 443 g/mol. The van der Waals surface area contributed by atoms with Crippen molar-refractivity contribution in [3.05, 3.63) is 59.9 Å². The summed E-state index contributed by atoms with van der Waals surface area (Å²) in [6.07, 6.45) is 0. The van der Waals surface area contributed by atoms with E-state index in [9.17, 15) is 26.0 Å². The average Bonchev–Trinajstić information content (AvgIpc) is 2.66. The maximum Gasteiger partial charge on any atom is 0.243 e. The molecule has 0 aliphatic rings. The summed E-state index contributed by atoms with van der Waals surface area (Å²) in [5.74, 6) is -1.10. The molecule has 11 heteroatoms. The molecule has 0 bridgehead atoms. The van der Waals surface area contributed by atoms with Crippen molar-refractivity contribution in [1.29, 1.82) is 0 Å². The molecule has 0 unspecified atom stereocenters. The van der Waals surface area contributed by atoms with Crippen molar-refractivity contribution in [2.24, 2.45) is 0 Å². The molecule has 2 rings (SSSR count). The van der Waals surface area contributed by atoms with Gasteiger partial charge < -0.3 is 5.32 Å². The Hall–Kier alpha value is -2.34. The smallest absolute Gasteiger partial charge is 0.243 e. The summed E-state index contributed by atoms with van der Waals surface area (Å²) in [6.45, 7) is -0.321. The number of nitrogens with one attached hydrogen (secondary N) is 1. The third-order valence-corrected chi connectivity index (χ3v) is 7.73. The number of rotatable bonds is 8. The van der Waals surface area contributed by atoms with Crippen LogP contribution < -0.4 is 5.32 Å². The molecule has 0 aliphatic carbocycles. The van der Waals surface area contributed by atoms with Crippen LogP contribution in [0.1, 0.15) is 5.56 Å². The Morgan fingerprint density at radius 1 is 0.862 bits per heavy atom. The van der Waals surface area contributed by atoms with Crippen LogP contribution in [0.4, 0.5) is 4.39 Å². The van der Waals surface area contributed by atoms with Gasteiger partial charge in [-0.2, -0.15) is 4.31 Å². The van der Waals surface area contributed by atoms with Crippen molar-refractivity contribution in [1.82, 2.24) is 13.9 Å². The van der Waals surface area contributed by atoms with E-state index < -0.39 is 38.3 Å². The van der Waals surface area contributed by atoms with Gasteiger partial charge in [0.25, 0.3) is 0 Å². The minimum atomic E-state index is -3.93. The molecule has 158 valence electrons. The minimum Gasteiger partial charge on any atom is -0.351 e. The lowest BCUT2D eigenvalue weighted by atomic mass is 10.2. The molecule has 0 saturated heterocycles. The van der Waals surface area contributed by atoms with Crippen molar-refractivity contribution >= 4 is 26.0 Å². The highest BCUT2D eigenvalue weighted by Crippen LogP contribution is 2.15. The van der Waals surface area contributed by atoms with E-state index in [1.165, 1.54) is 33.3 Å². The number of carbonyl (C=O) groups excluding carboxylic acids is 1. The fraction of sp³-hybridized carbons (Fsp3) is 0.278. The Morgan fingerprint density at radius 2 is 1.34 bits per heavy atom. The van der Waals surface area contributed by atoms with Crippen LogP contribution in [0.3, 0.4) is 0 Å². The summed E-state index contributed by atoms with van der Waals surface area (Å²) >= 11 is 0. The highest BCUT2D eigenvalue weighted by atomic mass is 32.2. The summed E-state index contributed by atoms with van der Waals surface area (Å²) in [4.78, 5) is 12.1. The van der Waals surface area contributed by atoms with E-state index in [0.717, 1.165) is 32.9 Å². The SMILES string of the molecule is CN(C)S(=O)(=O)c1ccc(CNC(=O)CN(C)S(=O)(=O)c2ccc(F)cc2)cc1. The third kappa shape index (κ3) is 5.60. The van der Waals surface area contributed by atoms with Crippen LogP contribution in [0.25, 0.3) is 0 Å². The van der Waals surface area contributed by atoms with Crippen molar-refractivity contribution in [3.8, 4) is 0 Å².